The third-order valence-corrected chi connectivity index (χ3v) is 3.25. The van der Waals surface area contributed by atoms with Gasteiger partial charge in [0.25, 0.3) is 0 Å². The molecule has 0 aliphatic heterocycles. The molecule has 2 N–H and O–H groups in total. The summed E-state index contributed by atoms with van der Waals surface area (Å²) in [7, 11) is 0. The number of carboxylic acids is 1. The molecule has 0 heterocycles. The molecular formula is C11H14O3S. The predicted octanol–water partition coefficient (Wildman–Crippen LogP) is 2.11. The van der Waals surface area contributed by atoms with E-state index in [1.54, 1.807) is 30.0 Å². The highest BCUT2D eigenvalue weighted by Gasteiger charge is 2.05. The van der Waals surface area contributed by atoms with Crippen LogP contribution in [-0.4, -0.2) is 28.5 Å². The molecule has 3 nitrogen and oxygen atoms in total. The number of aliphatic hydroxyl groups is 1. The van der Waals surface area contributed by atoms with Crippen LogP contribution in [0.4, 0.5) is 0 Å². The van der Waals surface area contributed by atoms with Crippen molar-refractivity contribution in [1.29, 1.82) is 0 Å². The number of hydrogen-bond donors (Lipinski definition) is 2. The van der Waals surface area contributed by atoms with Crippen LogP contribution < -0.4 is 0 Å². The minimum Gasteiger partial charge on any atom is -0.478 e. The highest BCUT2D eigenvalue weighted by atomic mass is 32.2. The van der Waals surface area contributed by atoms with Crippen molar-refractivity contribution in [2.24, 2.45) is 5.92 Å². The first-order chi connectivity index (χ1) is 7.13. The van der Waals surface area contributed by atoms with Gasteiger partial charge in [-0.25, -0.2) is 4.79 Å². The van der Waals surface area contributed by atoms with Gasteiger partial charge in [-0.1, -0.05) is 13.0 Å². The molecule has 82 valence electrons. The molecule has 0 bridgehead atoms. The van der Waals surface area contributed by atoms with Crippen LogP contribution in [0.2, 0.25) is 0 Å². The second-order valence-corrected chi connectivity index (χ2v) is 4.53. The van der Waals surface area contributed by atoms with E-state index in [0.717, 1.165) is 10.6 Å². The van der Waals surface area contributed by atoms with Crippen molar-refractivity contribution in [3.05, 3.63) is 29.8 Å². The van der Waals surface area contributed by atoms with Crippen molar-refractivity contribution in [2.45, 2.75) is 11.8 Å². The Hall–Kier alpha value is -1.00. The predicted molar refractivity (Wildman–Crippen MR) is 60.4 cm³/mol. The summed E-state index contributed by atoms with van der Waals surface area (Å²) in [5, 5.41) is 17.6. The summed E-state index contributed by atoms with van der Waals surface area (Å²) < 4.78 is 0. The van der Waals surface area contributed by atoms with E-state index in [2.05, 4.69) is 0 Å². The fourth-order valence-electron chi connectivity index (χ4n) is 1.01. The van der Waals surface area contributed by atoms with Crippen molar-refractivity contribution in [1.82, 2.24) is 0 Å². The Kier molecular flexibility index (Phi) is 4.65. The lowest BCUT2D eigenvalue weighted by Gasteiger charge is -2.07. The Labute approximate surface area is 93.1 Å². The van der Waals surface area contributed by atoms with E-state index in [0.29, 0.717) is 5.56 Å². The van der Waals surface area contributed by atoms with Crippen molar-refractivity contribution >= 4 is 17.7 Å². The molecule has 4 heteroatoms. The molecule has 0 aliphatic carbocycles. The molecule has 0 saturated heterocycles. The quantitative estimate of drug-likeness (QED) is 0.755. The lowest BCUT2D eigenvalue weighted by molar-refractivity contribution is 0.0696. The van der Waals surface area contributed by atoms with Crippen molar-refractivity contribution in [3.8, 4) is 0 Å². The Balaban J connectivity index is 2.62. The molecule has 1 aromatic rings. The van der Waals surface area contributed by atoms with E-state index in [4.69, 9.17) is 10.2 Å². The van der Waals surface area contributed by atoms with Crippen molar-refractivity contribution in [3.63, 3.8) is 0 Å². The zero-order valence-corrected chi connectivity index (χ0v) is 9.33. The number of aromatic carboxylic acids is 1. The third-order valence-electron chi connectivity index (χ3n) is 1.93. The maximum atomic E-state index is 10.7. The van der Waals surface area contributed by atoms with Gasteiger partial charge in [-0.15, -0.1) is 11.8 Å². The fourth-order valence-corrected chi connectivity index (χ4v) is 1.98. The van der Waals surface area contributed by atoms with Crippen LogP contribution >= 0.6 is 11.8 Å². The molecule has 15 heavy (non-hydrogen) atoms. The summed E-state index contributed by atoms with van der Waals surface area (Å²) in [6.45, 7) is 2.11. The number of benzene rings is 1. The zero-order valence-electron chi connectivity index (χ0n) is 8.51. The van der Waals surface area contributed by atoms with Crippen LogP contribution in [0.25, 0.3) is 0 Å². The van der Waals surface area contributed by atoms with Crippen LogP contribution in [-0.2, 0) is 0 Å². The molecule has 0 fully saturated rings. The monoisotopic (exact) mass is 226 g/mol. The molecule has 0 aliphatic rings. The first-order valence-corrected chi connectivity index (χ1v) is 5.69. The van der Waals surface area contributed by atoms with Crippen molar-refractivity contribution in [2.75, 3.05) is 12.4 Å². The van der Waals surface area contributed by atoms with Gasteiger partial charge in [0.1, 0.15) is 0 Å². The topological polar surface area (TPSA) is 57.5 Å². The summed E-state index contributed by atoms with van der Waals surface area (Å²) in [4.78, 5) is 11.6. The first-order valence-electron chi connectivity index (χ1n) is 4.70. The van der Waals surface area contributed by atoms with E-state index in [-0.39, 0.29) is 12.5 Å². The Morgan fingerprint density at radius 1 is 1.53 bits per heavy atom. The molecule has 0 saturated carbocycles. The van der Waals surface area contributed by atoms with E-state index in [1.807, 2.05) is 13.0 Å². The minimum atomic E-state index is -0.910. The van der Waals surface area contributed by atoms with Gasteiger partial charge in [-0.2, -0.15) is 0 Å². The number of rotatable bonds is 5. The van der Waals surface area contributed by atoms with Gasteiger partial charge in [-0.05, 0) is 24.1 Å². The van der Waals surface area contributed by atoms with Gasteiger partial charge in [0.2, 0.25) is 0 Å². The molecule has 1 aromatic carbocycles. The van der Waals surface area contributed by atoms with Gasteiger partial charge in [0, 0.05) is 17.3 Å². The largest absolute Gasteiger partial charge is 0.478 e. The maximum absolute atomic E-state index is 10.7. The van der Waals surface area contributed by atoms with E-state index >= 15 is 0 Å². The summed E-state index contributed by atoms with van der Waals surface area (Å²) in [5.41, 5.74) is 0.302. The number of carbonyl (C=O) groups is 1. The van der Waals surface area contributed by atoms with Crippen LogP contribution in [0, 0.1) is 5.92 Å². The standard InChI is InChI=1S/C11H14O3S/c1-8(6-12)7-15-10-4-2-3-9(5-10)11(13)14/h2-5,8,12H,6-7H2,1H3,(H,13,14). The smallest absolute Gasteiger partial charge is 0.335 e. The highest BCUT2D eigenvalue weighted by Crippen LogP contribution is 2.21. The van der Waals surface area contributed by atoms with Gasteiger partial charge in [0.15, 0.2) is 0 Å². The Bertz CT molecular complexity index is 338. The summed E-state index contributed by atoms with van der Waals surface area (Å²) in [6.07, 6.45) is 0. The van der Waals surface area contributed by atoms with Gasteiger partial charge >= 0.3 is 5.97 Å². The SMILES string of the molecule is CC(CO)CSc1cccc(C(=O)O)c1. The fraction of sp³-hybridized carbons (Fsp3) is 0.364. The number of carboxylic acid groups (broad SMARTS) is 1. The van der Waals surface area contributed by atoms with Crippen LogP contribution in [0.15, 0.2) is 29.2 Å². The third kappa shape index (κ3) is 3.93. The molecule has 0 spiro atoms. The lowest BCUT2D eigenvalue weighted by atomic mass is 10.2. The van der Waals surface area contributed by atoms with E-state index in [1.165, 1.54) is 0 Å². The highest BCUT2D eigenvalue weighted by molar-refractivity contribution is 7.99. The molecule has 0 amide bonds. The maximum Gasteiger partial charge on any atom is 0.335 e. The van der Waals surface area contributed by atoms with Gasteiger partial charge in [0.05, 0.1) is 5.56 Å². The average Bonchev–Trinajstić information content (AvgIpc) is 2.26. The molecule has 1 unspecified atom stereocenters. The molecular weight excluding hydrogens is 212 g/mol. The minimum absolute atomic E-state index is 0.158. The molecule has 1 atom stereocenters. The van der Waals surface area contributed by atoms with Crippen molar-refractivity contribution < 1.29 is 15.0 Å². The summed E-state index contributed by atoms with van der Waals surface area (Å²) >= 11 is 1.56. The second-order valence-electron chi connectivity index (χ2n) is 3.43. The molecule has 0 radical (unpaired) electrons. The number of thioether (sulfide) groups is 1. The van der Waals surface area contributed by atoms with E-state index in [9.17, 15) is 4.79 Å². The molecule has 0 aromatic heterocycles. The second kappa shape index (κ2) is 5.78. The summed E-state index contributed by atoms with van der Waals surface area (Å²) in [5.74, 6) is 0.107. The Morgan fingerprint density at radius 2 is 2.27 bits per heavy atom. The summed E-state index contributed by atoms with van der Waals surface area (Å²) in [6, 6.07) is 6.83. The first kappa shape index (κ1) is 12.1. The zero-order chi connectivity index (χ0) is 11.3. The average molecular weight is 226 g/mol. The number of hydrogen-bond acceptors (Lipinski definition) is 3. The lowest BCUT2D eigenvalue weighted by Crippen LogP contribution is -2.03. The van der Waals surface area contributed by atoms with Crippen LogP contribution in [0.1, 0.15) is 17.3 Å². The van der Waals surface area contributed by atoms with Crippen LogP contribution in [0.5, 0.6) is 0 Å². The Morgan fingerprint density at radius 3 is 2.87 bits per heavy atom. The van der Waals surface area contributed by atoms with Crippen LogP contribution in [0.3, 0.4) is 0 Å². The number of aliphatic hydroxyl groups excluding tert-OH is 1. The normalized spacial score (nSPS) is 12.4. The van der Waals surface area contributed by atoms with Gasteiger partial charge in [-0.3, -0.25) is 0 Å². The van der Waals surface area contributed by atoms with Gasteiger partial charge < -0.3 is 10.2 Å². The van der Waals surface area contributed by atoms with E-state index < -0.39 is 5.97 Å². The molecule has 1 rings (SSSR count).